The van der Waals surface area contributed by atoms with E-state index in [1.165, 1.54) is 5.56 Å². The fourth-order valence-electron chi connectivity index (χ4n) is 3.33. The third-order valence-corrected chi connectivity index (χ3v) is 4.79. The van der Waals surface area contributed by atoms with Gasteiger partial charge in [-0.3, -0.25) is 9.78 Å². The van der Waals surface area contributed by atoms with Crippen molar-refractivity contribution >= 4 is 16.7 Å². The highest BCUT2D eigenvalue weighted by Crippen LogP contribution is 2.30. The topological polar surface area (TPSA) is 50.2 Å². The minimum atomic E-state index is -0.201. The molecule has 4 rings (SSSR count). The number of aromatic hydroxyl groups is 1. The van der Waals surface area contributed by atoms with Crippen LogP contribution in [0.5, 0.6) is 5.75 Å². The zero-order valence-corrected chi connectivity index (χ0v) is 15.0. The van der Waals surface area contributed by atoms with Crippen molar-refractivity contribution in [1.29, 1.82) is 0 Å². The van der Waals surface area contributed by atoms with Crippen LogP contribution in [-0.2, 0) is 6.42 Å². The van der Waals surface area contributed by atoms with Crippen LogP contribution in [-0.4, -0.2) is 15.9 Å². The lowest BCUT2D eigenvalue weighted by molar-refractivity contribution is 0.103. The molecule has 0 aliphatic heterocycles. The second-order valence-electron chi connectivity index (χ2n) is 6.68. The number of benzene rings is 3. The minimum Gasteiger partial charge on any atom is -0.505 e. The van der Waals surface area contributed by atoms with Gasteiger partial charge in [0.05, 0.1) is 5.56 Å². The molecule has 1 heterocycles. The largest absolute Gasteiger partial charge is 0.505 e. The molecule has 0 bridgehead atoms. The highest BCUT2D eigenvalue weighted by atomic mass is 16.3. The SMILES string of the molecule is Cc1ccnc2c(O)c(C(=O)c3cccc(Cc4ccccc4)c3)ccc12. The molecule has 4 aromatic rings. The molecule has 0 aliphatic rings. The molecule has 1 N–H and O–H groups in total. The van der Waals surface area contributed by atoms with Gasteiger partial charge in [0.15, 0.2) is 11.5 Å². The summed E-state index contributed by atoms with van der Waals surface area (Å²) in [5.74, 6) is -0.262. The predicted molar refractivity (Wildman–Crippen MR) is 107 cm³/mol. The number of carbonyl (C=O) groups excluding carboxylic acids is 1. The Hall–Kier alpha value is -3.46. The van der Waals surface area contributed by atoms with Gasteiger partial charge in [0.1, 0.15) is 5.52 Å². The Labute approximate surface area is 157 Å². The minimum absolute atomic E-state index is 0.0605. The van der Waals surface area contributed by atoms with Crippen molar-refractivity contribution < 1.29 is 9.90 Å². The summed E-state index contributed by atoms with van der Waals surface area (Å²) in [5.41, 5.74) is 4.56. The molecule has 0 saturated heterocycles. The summed E-state index contributed by atoms with van der Waals surface area (Å²) in [5, 5.41) is 11.5. The van der Waals surface area contributed by atoms with Crippen LogP contribution in [0.2, 0.25) is 0 Å². The number of pyridine rings is 1. The highest BCUT2D eigenvalue weighted by Gasteiger charge is 2.17. The second kappa shape index (κ2) is 7.04. The van der Waals surface area contributed by atoms with Crippen LogP contribution in [0.3, 0.4) is 0 Å². The molecule has 3 heteroatoms. The van der Waals surface area contributed by atoms with Gasteiger partial charge in [0.25, 0.3) is 0 Å². The molecule has 0 saturated carbocycles. The molecule has 132 valence electrons. The summed E-state index contributed by atoms with van der Waals surface area (Å²) < 4.78 is 0. The zero-order chi connectivity index (χ0) is 18.8. The first kappa shape index (κ1) is 17.0. The number of nitrogens with zero attached hydrogens (tertiary/aromatic N) is 1. The normalized spacial score (nSPS) is 10.9. The van der Waals surface area contributed by atoms with Gasteiger partial charge in [-0.15, -0.1) is 0 Å². The Morgan fingerprint density at radius 3 is 2.52 bits per heavy atom. The molecule has 0 fully saturated rings. The number of fused-ring (bicyclic) bond motifs is 1. The van der Waals surface area contributed by atoms with E-state index in [1.807, 2.05) is 55.5 Å². The van der Waals surface area contributed by atoms with E-state index < -0.39 is 0 Å². The third-order valence-electron chi connectivity index (χ3n) is 4.79. The molecule has 0 amide bonds. The zero-order valence-electron chi connectivity index (χ0n) is 15.0. The van der Waals surface area contributed by atoms with Gasteiger partial charge in [-0.25, -0.2) is 0 Å². The van der Waals surface area contributed by atoms with Crippen LogP contribution in [0.15, 0.2) is 79.0 Å². The predicted octanol–water partition coefficient (Wildman–Crippen LogP) is 5.07. The van der Waals surface area contributed by atoms with Gasteiger partial charge in [0, 0.05) is 17.1 Å². The third kappa shape index (κ3) is 3.32. The summed E-state index contributed by atoms with van der Waals surface area (Å²) in [6, 6.07) is 23.1. The van der Waals surface area contributed by atoms with Gasteiger partial charge in [-0.1, -0.05) is 54.6 Å². The van der Waals surface area contributed by atoms with Gasteiger partial charge in [-0.2, -0.15) is 0 Å². The van der Waals surface area contributed by atoms with Gasteiger partial charge in [0.2, 0.25) is 0 Å². The Morgan fingerprint density at radius 2 is 1.70 bits per heavy atom. The van der Waals surface area contributed by atoms with Crippen molar-refractivity contribution in [1.82, 2.24) is 4.98 Å². The molecule has 0 atom stereocenters. The smallest absolute Gasteiger partial charge is 0.196 e. The molecular weight excluding hydrogens is 334 g/mol. The van der Waals surface area contributed by atoms with Crippen molar-refractivity contribution in [2.24, 2.45) is 0 Å². The van der Waals surface area contributed by atoms with Crippen molar-refractivity contribution in [2.75, 3.05) is 0 Å². The average Bonchev–Trinajstić information content (AvgIpc) is 2.69. The van der Waals surface area contributed by atoms with Gasteiger partial charge >= 0.3 is 0 Å². The first-order chi connectivity index (χ1) is 13.1. The summed E-state index contributed by atoms with van der Waals surface area (Å²) in [4.78, 5) is 17.3. The van der Waals surface area contributed by atoms with Crippen LogP contribution < -0.4 is 0 Å². The van der Waals surface area contributed by atoms with E-state index in [2.05, 4.69) is 17.1 Å². The Bertz CT molecular complexity index is 1130. The molecule has 0 aliphatic carbocycles. The van der Waals surface area contributed by atoms with E-state index in [-0.39, 0.29) is 17.1 Å². The maximum absolute atomic E-state index is 13.0. The lowest BCUT2D eigenvalue weighted by Gasteiger charge is -2.09. The molecule has 0 radical (unpaired) electrons. The quantitative estimate of drug-likeness (QED) is 0.521. The Balaban J connectivity index is 1.70. The maximum Gasteiger partial charge on any atom is 0.196 e. The fraction of sp³-hybridized carbons (Fsp3) is 0.0833. The first-order valence-electron chi connectivity index (χ1n) is 8.88. The molecule has 27 heavy (non-hydrogen) atoms. The van der Waals surface area contributed by atoms with E-state index >= 15 is 0 Å². The molecule has 0 spiro atoms. The average molecular weight is 353 g/mol. The van der Waals surface area contributed by atoms with Crippen molar-refractivity contribution in [3.8, 4) is 5.75 Å². The first-order valence-corrected chi connectivity index (χ1v) is 8.88. The highest BCUT2D eigenvalue weighted by molar-refractivity contribution is 6.13. The fourth-order valence-corrected chi connectivity index (χ4v) is 3.33. The van der Waals surface area contributed by atoms with Crippen LogP contribution in [0.1, 0.15) is 32.6 Å². The Kier molecular flexibility index (Phi) is 4.43. The van der Waals surface area contributed by atoms with E-state index in [9.17, 15) is 9.90 Å². The summed E-state index contributed by atoms with van der Waals surface area (Å²) in [6.45, 7) is 1.96. The summed E-state index contributed by atoms with van der Waals surface area (Å²) in [6.07, 6.45) is 2.40. The number of carbonyl (C=O) groups is 1. The molecule has 1 aromatic heterocycles. The number of aryl methyl sites for hydroxylation is 1. The maximum atomic E-state index is 13.0. The number of rotatable bonds is 4. The number of hydrogen-bond acceptors (Lipinski definition) is 3. The number of ketones is 1. The number of phenolic OH excluding ortho intramolecular Hbond substituents is 1. The summed E-state index contributed by atoms with van der Waals surface area (Å²) >= 11 is 0. The van der Waals surface area contributed by atoms with Crippen LogP contribution >= 0.6 is 0 Å². The van der Waals surface area contributed by atoms with E-state index in [0.717, 1.165) is 22.9 Å². The standard InChI is InChI=1S/C24H19NO2/c1-16-12-13-25-22-20(16)10-11-21(24(22)27)23(26)19-9-5-8-18(15-19)14-17-6-3-2-4-7-17/h2-13,15,27H,14H2,1H3. The van der Waals surface area contributed by atoms with Crippen molar-refractivity contribution in [3.05, 3.63) is 107 Å². The lowest BCUT2D eigenvalue weighted by Crippen LogP contribution is -2.03. The molecule has 0 unspecified atom stereocenters. The summed E-state index contributed by atoms with van der Waals surface area (Å²) in [7, 11) is 0. The molecular formula is C24H19NO2. The van der Waals surface area contributed by atoms with Crippen molar-refractivity contribution in [3.63, 3.8) is 0 Å². The second-order valence-corrected chi connectivity index (χ2v) is 6.68. The van der Waals surface area contributed by atoms with Crippen LogP contribution in [0, 0.1) is 6.92 Å². The van der Waals surface area contributed by atoms with Gasteiger partial charge < -0.3 is 5.11 Å². The van der Waals surface area contributed by atoms with Crippen molar-refractivity contribution in [2.45, 2.75) is 13.3 Å². The number of hydrogen-bond donors (Lipinski definition) is 1. The molecule has 3 nitrogen and oxygen atoms in total. The van der Waals surface area contributed by atoms with Crippen LogP contribution in [0.25, 0.3) is 10.9 Å². The van der Waals surface area contributed by atoms with Gasteiger partial charge in [-0.05, 0) is 48.2 Å². The Morgan fingerprint density at radius 1 is 0.926 bits per heavy atom. The van der Waals surface area contributed by atoms with E-state index in [1.54, 1.807) is 18.3 Å². The lowest BCUT2D eigenvalue weighted by atomic mass is 9.96. The molecule has 3 aromatic carbocycles. The van der Waals surface area contributed by atoms with E-state index in [0.29, 0.717) is 11.1 Å². The number of phenols is 1. The number of aromatic nitrogens is 1. The van der Waals surface area contributed by atoms with Crippen LogP contribution in [0.4, 0.5) is 0 Å². The van der Waals surface area contributed by atoms with E-state index in [4.69, 9.17) is 0 Å². The monoisotopic (exact) mass is 353 g/mol.